The first-order valence-electron chi connectivity index (χ1n) is 6.37. The second-order valence-corrected chi connectivity index (χ2v) is 4.98. The fourth-order valence-electron chi connectivity index (χ4n) is 1.43. The molecule has 0 aliphatic rings. The van der Waals surface area contributed by atoms with E-state index >= 15 is 0 Å². The van der Waals surface area contributed by atoms with Crippen molar-refractivity contribution in [1.29, 1.82) is 5.26 Å². The number of benzene rings is 1. The largest absolute Gasteiger partial charge is 0.483 e. The molecule has 0 aromatic heterocycles. The molecule has 19 heavy (non-hydrogen) atoms. The number of aryl methyl sites for hydroxylation is 1. The second-order valence-electron chi connectivity index (χ2n) is 4.98. The highest BCUT2D eigenvalue weighted by molar-refractivity contribution is 5.77. The van der Waals surface area contributed by atoms with E-state index in [-0.39, 0.29) is 18.6 Å². The highest BCUT2D eigenvalue weighted by Crippen LogP contribution is 2.18. The Morgan fingerprint density at radius 3 is 2.68 bits per heavy atom. The van der Waals surface area contributed by atoms with Gasteiger partial charge in [0.2, 0.25) is 0 Å². The number of carbonyl (C=O) groups is 1. The summed E-state index contributed by atoms with van der Waals surface area (Å²) in [4.78, 5) is 11.7. The lowest BCUT2D eigenvalue weighted by Gasteiger charge is -2.17. The van der Waals surface area contributed by atoms with Crippen LogP contribution in [0, 0.1) is 24.2 Å². The fraction of sp³-hybridized carbons (Fsp3) is 0.467. The third-order valence-electron chi connectivity index (χ3n) is 3.06. The zero-order valence-corrected chi connectivity index (χ0v) is 11.9. The van der Waals surface area contributed by atoms with E-state index in [2.05, 4.69) is 5.32 Å². The molecule has 0 heterocycles. The second kappa shape index (κ2) is 6.79. The van der Waals surface area contributed by atoms with Crippen LogP contribution >= 0.6 is 0 Å². The summed E-state index contributed by atoms with van der Waals surface area (Å²) in [6.07, 6.45) is 0. The quantitative estimate of drug-likeness (QED) is 0.884. The van der Waals surface area contributed by atoms with Crippen LogP contribution in [-0.2, 0) is 4.79 Å². The molecule has 0 spiro atoms. The van der Waals surface area contributed by atoms with Crippen molar-refractivity contribution in [3.05, 3.63) is 29.3 Å². The number of hydrogen-bond acceptors (Lipinski definition) is 3. The van der Waals surface area contributed by atoms with Gasteiger partial charge in [0, 0.05) is 6.04 Å². The van der Waals surface area contributed by atoms with E-state index in [1.807, 2.05) is 39.8 Å². The van der Waals surface area contributed by atoms with Crippen LogP contribution in [0.2, 0.25) is 0 Å². The minimum atomic E-state index is -0.150. The number of amides is 1. The molecule has 0 bridgehead atoms. The third kappa shape index (κ3) is 4.63. The monoisotopic (exact) mass is 260 g/mol. The Morgan fingerprint density at radius 2 is 2.11 bits per heavy atom. The van der Waals surface area contributed by atoms with Crippen molar-refractivity contribution >= 4 is 5.91 Å². The van der Waals surface area contributed by atoms with Crippen LogP contribution in [-0.4, -0.2) is 18.6 Å². The number of rotatable bonds is 5. The lowest BCUT2D eigenvalue weighted by molar-refractivity contribution is -0.124. The summed E-state index contributed by atoms with van der Waals surface area (Å²) < 4.78 is 5.46. The van der Waals surface area contributed by atoms with Gasteiger partial charge in [0.25, 0.3) is 5.91 Å². The fourth-order valence-corrected chi connectivity index (χ4v) is 1.43. The summed E-state index contributed by atoms with van der Waals surface area (Å²) in [6.45, 7) is 7.90. The zero-order valence-electron chi connectivity index (χ0n) is 11.9. The van der Waals surface area contributed by atoms with Gasteiger partial charge in [-0.1, -0.05) is 19.9 Å². The molecule has 1 rings (SSSR count). The average Bonchev–Trinajstić information content (AvgIpc) is 2.37. The van der Waals surface area contributed by atoms with Gasteiger partial charge in [-0.2, -0.15) is 5.26 Å². The van der Waals surface area contributed by atoms with Gasteiger partial charge in [0.05, 0.1) is 11.6 Å². The Bertz CT molecular complexity index is 489. The summed E-state index contributed by atoms with van der Waals surface area (Å²) in [7, 11) is 0. The molecule has 0 saturated carbocycles. The Balaban J connectivity index is 2.57. The van der Waals surface area contributed by atoms with E-state index in [0.29, 0.717) is 17.2 Å². The molecule has 4 nitrogen and oxygen atoms in total. The van der Waals surface area contributed by atoms with Crippen LogP contribution in [0.5, 0.6) is 5.75 Å². The van der Waals surface area contributed by atoms with Gasteiger partial charge in [0.15, 0.2) is 6.61 Å². The van der Waals surface area contributed by atoms with Gasteiger partial charge < -0.3 is 10.1 Å². The molecule has 1 amide bonds. The SMILES string of the molecule is Cc1ccc(C#N)cc1OCC(=O)NC(C)C(C)C. The van der Waals surface area contributed by atoms with Crippen molar-refractivity contribution in [3.8, 4) is 11.8 Å². The lowest BCUT2D eigenvalue weighted by atomic mass is 10.1. The van der Waals surface area contributed by atoms with Gasteiger partial charge >= 0.3 is 0 Å². The molecular formula is C15H20N2O2. The Labute approximate surface area is 114 Å². The predicted molar refractivity (Wildman–Crippen MR) is 73.8 cm³/mol. The first-order chi connectivity index (χ1) is 8.93. The number of nitrogens with zero attached hydrogens (tertiary/aromatic N) is 1. The molecule has 0 radical (unpaired) electrons. The molecule has 1 aromatic rings. The maximum absolute atomic E-state index is 11.7. The van der Waals surface area contributed by atoms with E-state index in [1.165, 1.54) is 0 Å². The minimum absolute atomic E-state index is 0.0349. The summed E-state index contributed by atoms with van der Waals surface area (Å²) in [6, 6.07) is 7.34. The van der Waals surface area contributed by atoms with Crippen molar-refractivity contribution in [2.45, 2.75) is 33.7 Å². The average molecular weight is 260 g/mol. The molecule has 4 heteroatoms. The molecule has 0 saturated heterocycles. The maximum atomic E-state index is 11.7. The summed E-state index contributed by atoms with van der Waals surface area (Å²) in [5.41, 5.74) is 1.43. The summed E-state index contributed by atoms with van der Waals surface area (Å²) in [5.74, 6) is 0.807. The van der Waals surface area contributed by atoms with Crippen LogP contribution in [0.3, 0.4) is 0 Å². The van der Waals surface area contributed by atoms with Gasteiger partial charge in [-0.15, -0.1) is 0 Å². The molecule has 1 unspecified atom stereocenters. The first-order valence-corrected chi connectivity index (χ1v) is 6.37. The Hall–Kier alpha value is -2.02. The maximum Gasteiger partial charge on any atom is 0.258 e. The Kier molecular flexibility index (Phi) is 5.37. The number of nitriles is 1. The van der Waals surface area contributed by atoms with Crippen molar-refractivity contribution < 1.29 is 9.53 Å². The van der Waals surface area contributed by atoms with Crippen molar-refractivity contribution in [3.63, 3.8) is 0 Å². The lowest BCUT2D eigenvalue weighted by Crippen LogP contribution is -2.39. The first kappa shape index (κ1) is 15.0. The smallest absolute Gasteiger partial charge is 0.258 e. The van der Waals surface area contributed by atoms with Crippen LogP contribution in [0.4, 0.5) is 0 Å². The third-order valence-corrected chi connectivity index (χ3v) is 3.06. The van der Waals surface area contributed by atoms with Crippen LogP contribution in [0.15, 0.2) is 18.2 Å². The molecule has 1 atom stereocenters. The van der Waals surface area contributed by atoms with Crippen LogP contribution < -0.4 is 10.1 Å². The minimum Gasteiger partial charge on any atom is -0.483 e. The molecule has 0 aliphatic carbocycles. The van der Waals surface area contributed by atoms with E-state index in [0.717, 1.165) is 5.56 Å². The highest BCUT2D eigenvalue weighted by atomic mass is 16.5. The van der Waals surface area contributed by atoms with E-state index in [1.54, 1.807) is 12.1 Å². The standard InChI is InChI=1S/C15H20N2O2/c1-10(2)12(4)17-15(18)9-19-14-7-13(8-16)6-5-11(14)3/h5-7,10,12H,9H2,1-4H3,(H,17,18). The van der Waals surface area contributed by atoms with Gasteiger partial charge in [-0.25, -0.2) is 0 Å². The van der Waals surface area contributed by atoms with Crippen LogP contribution in [0.1, 0.15) is 31.9 Å². The number of carbonyl (C=O) groups excluding carboxylic acids is 1. The van der Waals surface area contributed by atoms with E-state index in [4.69, 9.17) is 10.00 Å². The molecule has 0 aliphatic heterocycles. The Morgan fingerprint density at radius 1 is 1.42 bits per heavy atom. The normalized spacial score (nSPS) is 11.8. The van der Waals surface area contributed by atoms with Crippen LogP contribution in [0.25, 0.3) is 0 Å². The van der Waals surface area contributed by atoms with E-state index < -0.39 is 0 Å². The number of ether oxygens (including phenoxy) is 1. The summed E-state index contributed by atoms with van der Waals surface area (Å²) in [5, 5.41) is 11.7. The molecule has 0 fully saturated rings. The van der Waals surface area contributed by atoms with E-state index in [9.17, 15) is 4.79 Å². The van der Waals surface area contributed by atoms with Crippen molar-refractivity contribution in [2.24, 2.45) is 5.92 Å². The van der Waals surface area contributed by atoms with Crippen molar-refractivity contribution in [2.75, 3.05) is 6.61 Å². The molecule has 1 N–H and O–H groups in total. The number of nitrogens with one attached hydrogen (secondary N) is 1. The van der Waals surface area contributed by atoms with Gasteiger partial charge in [0.1, 0.15) is 5.75 Å². The molecule has 102 valence electrons. The van der Waals surface area contributed by atoms with Gasteiger partial charge in [-0.3, -0.25) is 4.79 Å². The predicted octanol–water partition coefficient (Wildman–Crippen LogP) is 2.41. The summed E-state index contributed by atoms with van der Waals surface area (Å²) >= 11 is 0. The topological polar surface area (TPSA) is 62.1 Å². The zero-order chi connectivity index (χ0) is 14.4. The number of hydrogen-bond donors (Lipinski definition) is 1. The van der Waals surface area contributed by atoms with Gasteiger partial charge in [-0.05, 0) is 37.5 Å². The molecular weight excluding hydrogens is 240 g/mol. The molecule has 1 aromatic carbocycles. The highest BCUT2D eigenvalue weighted by Gasteiger charge is 2.11. The van der Waals surface area contributed by atoms with Crippen molar-refractivity contribution in [1.82, 2.24) is 5.32 Å².